The lowest BCUT2D eigenvalue weighted by Gasteiger charge is -2.11. The lowest BCUT2D eigenvalue weighted by Crippen LogP contribution is -2.32. The number of rotatable bonds is 5. The lowest BCUT2D eigenvalue weighted by molar-refractivity contribution is -0.115. The Hall–Kier alpha value is -1.41. The van der Waals surface area contributed by atoms with Gasteiger partial charge in [0.05, 0.1) is 12.2 Å². The van der Waals surface area contributed by atoms with Crippen LogP contribution in [0.1, 0.15) is 29.8 Å². The summed E-state index contributed by atoms with van der Waals surface area (Å²) in [7, 11) is -3.48. The molecule has 112 valence electrons. The maximum atomic E-state index is 11.9. The molecule has 0 bridgehead atoms. The van der Waals surface area contributed by atoms with Crippen LogP contribution < -0.4 is 5.32 Å². The van der Waals surface area contributed by atoms with Crippen molar-refractivity contribution < 1.29 is 22.7 Å². The van der Waals surface area contributed by atoms with Crippen LogP contribution in [0.15, 0.2) is 5.38 Å². The first-order chi connectivity index (χ1) is 9.18. The normalized spacial score (nSPS) is 12.8. The highest BCUT2D eigenvalue weighted by Crippen LogP contribution is 2.28. The zero-order valence-corrected chi connectivity index (χ0v) is 13.4. The molecule has 0 radical (unpaired) electrons. The van der Waals surface area contributed by atoms with Crippen molar-refractivity contribution in [3.05, 3.63) is 16.5 Å². The first kappa shape index (κ1) is 16.6. The number of carbonyl (C=O) groups excluding carboxylic acids is 2. The van der Waals surface area contributed by atoms with Crippen molar-refractivity contribution in [3.8, 4) is 0 Å². The summed E-state index contributed by atoms with van der Waals surface area (Å²) in [6.45, 7) is 4.93. The summed E-state index contributed by atoms with van der Waals surface area (Å²) in [5.41, 5.74) is 0.946. The quantitative estimate of drug-likeness (QED) is 0.833. The van der Waals surface area contributed by atoms with Gasteiger partial charge in [-0.15, -0.1) is 11.3 Å². The van der Waals surface area contributed by atoms with Crippen LogP contribution in [-0.2, 0) is 19.4 Å². The van der Waals surface area contributed by atoms with Gasteiger partial charge in [0.25, 0.3) is 0 Å². The molecule has 1 atom stereocenters. The lowest BCUT2D eigenvalue weighted by atomic mass is 10.2. The molecule has 8 heteroatoms. The van der Waals surface area contributed by atoms with Gasteiger partial charge in [0.15, 0.2) is 9.84 Å². The van der Waals surface area contributed by atoms with Gasteiger partial charge in [0, 0.05) is 6.26 Å². The van der Waals surface area contributed by atoms with E-state index in [-0.39, 0.29) is 12.2 Å². The van der Waals surface area contributed by atoms with Crippen LogP contribution >= 0.6 is 11.3 Å². The highest BCUT2D eigenvalue weighted by Gasteiger charge is 2.26. The van der Waals surface area contributed by atoms with Crippen LogP contribution in [0.25, 0.3) is 0 Å². The molecule has 1 heterocycles. The maximum Gasteiger partial charge on any atom is 0.341 e. The number of sulfone groups is 1. The zero-order valence-electron chi connectivity index (χ0n) is 11.7. The van der Waals surface area contributed by atoms with Crippen molar-refractivity contribution in [2.45, 2.75) is 26.0 Å². The fourth-order valence-electron chi connectivity index (χ4n) is 1.40. The average Bonchev–Trinajstić information content (AvgIpc) is 2.68. The van der Waals surface area contributed by atoms with Crippen molar-refractivity contribution in [2.24, 2.45) is 0 Å². The van der Waals surface area contributed by atoms with Crippen molar-refractivity contribution in [2.75, 3.05) is 18.2 Å². The van der Waals surface area contributed by atoms with E-state index in [1.54, 1.807) is 19.2 Å². The number of carbonyl (C=O) groups is 2. The van der Waals surface area contributed by atoms with Gasteiger partial charge in [0.2, 0.25) is 5.91 Å². The molecule has 0 unspecified atom stereocenters. The Bertz CT molecular complexity index is 618. The highest BCUT2D eigenvalue weighted by molar-refractivity contribution is 7.92. The van der Waals surface area contributed by atoms with Crippen LogP contribution in [-0.4, -0.2) is 38.4 Å². The fourth-order valence-corrected chi connectivity index (χ4v) is 2.78. The van der Waals surface area contributed by atoms with Crippen LogP contribution in [0.5, 0.6) is 0 Å². The summed E-state index contributed by atoms with van der Waals surface area (Å²) >= 11 is 1.16. The minimum atomic E-state index is -3.48. The van der Waals surface area contributed by atoms with Gasteiger partial charge in [0.1, 0.15) is 10.3 Å². The summed E-state index contributed by atoms with van der Waals surface area (Å²) in [5, 5.41) is 3.30. The molecule has 0 saturated carbocycles. The molecule has 0 aliphatic heterocycles. The number of anilines is 1. The molecular formula is C12H17NO5S2. The van der Waals surface area contributed by atoms with E-state index < -0.39 is 27.0 Å². The first-order valence-corrected chi connectivity index (χ1v) is 8.76. The van der Waals surface area contributed by atoms with Crippen molar-refractivity contribution in [3.63, 3.8) is 0 Å². The van der Waals surface area contributed by atoms with Crippen molar-refractivity contribution in [1.82, 2.24) is 0 Å². The Labute approximate surface area is 122 Å². The molecular weight excluding hydrogens is 302 g/mol. The van der Waals surface area contributed by atoms with E-state index >= 15 is 0 Å². The van der Waals surface area contributed by atoms with Crippen LogP contribution in [0.3, 0.4) is 0 Å². The largest absolute Gasteiger partial charge is 0.462 e. The average molecular weight is 319 g/mol. The molecule has 1 rings (SSSR count). The Morgan fingerprint density at radius 1 is 1.45 bits per heavy atom. The molecule has 0 aromatic carbocycles. The van der Waals surface area contributed by atoms with Crippen LogP contribution in [0.4, 0.5) is 5.00 Å². The summed E-state index contributed by atoms with van der Waals surface area (Å²) in [6, 6.07) is 0. The number of nitrogens with one attached hydrogen (secondary N) is 1. The number of ether oxygens (including phenoxy) is 1. The van der Waals surface area contributed by atoms with E-state index in [2.05, 4.69) is 5.32 Å². The fraction of sp³-hybridized carbons (Fsp3) is 0.500. The predicted octanol–water partition coefficient (Wildman–Crippen LogP) is 1.60. The van der Waals surface area contributed by atoms with Gasteiger partial charge < -0.3 is 10.1 Å². The van der Waals surface area contributed by atoms with Gasteiger partial charge in [-0.05, 0) is 31.7 Å². The topological polar surface area (TPSA) is 89.5 Å². The van der Waals surface area contributed by atoms with E-state index in [4.69, 9.17) is 4.74 Å². The molecule has 0 spiro atoms. The van der Waals surface area contributed by atoms with Gasteiger partial charge in [-0.1, -0.05) is 0 Å². The molecule has 1 N–H and O–H groups in total. The second-order valence-corrected chi connectivity index (χ2v) is 7.55. The summed E-state index contributed by atoms with van der Waals surface area (Å²) < 4.78 is 27.6. The van der Waals surface area contributed by atoms with Crippen molar-refractivity contribution in [1.29, 1.82) is 0 Å². The summed E-state index contributed by atoms with van der Waals surface area (Å²) in [5.74, 6) is -1.20. The Balaban J connectivity index is 3.00. The summed E-state index contributed by atoms with van der Waals surface area (Å²) in [6.07, 6.45) is 0.989. The van der Waals surface area contributed by atoms with E-state index in [0.29, 0.717) is 10.6 Å². The first-order valence-electron chi connectivity index (χ1n) is 5.93. The van der Waals surface area contributed by atoms with Crippen LogP contribution in [0, 0.1) is 6.92 Å². The molecule has 1 aromatic rings. The Morgan fingerprint density at radius 3 is 2.55 bits per heavy atom. The maximum absolute atomic E-state index is 11.9. The third-order valence-corrected chi connectivity index (χ3v) is 5.21. The van der Waals surface area contributed by atoms with Gasteiger partial charge in [-0.3, -0.25) is 4.79 Å². The Morgan fingerprint density at radius 2 is 2.05 bits per heavy atom. The second kappa shape index (κ2) is 6.36. The highest BCUT2D eigenvalue weighted by atomic mass is 32.2. The minimum absolute atomic E-state index is 0.223. The minimum Gasteiger partial charge on any atom is -0.462 e. The number of thiophene rings is 1. The third-order valence-electron chi connectivity index (χ3n) is 2.70. The van der Waals surface area contributed by atoms with E-state index in [1.807, 2.05) is 0 Å². The van der Waals surface area contributed by atoms with E-state index in [0.717, 1.165) is 17.6 Å². The molecule has 20 heavy (non-hydrogen) atoms. The summed E-state index contributed by atoms with van der Waals surface area (Å²) in [4.78, 5) is 23.7. The standard InChI is InChI=1S/C12H17NO5S2/c1-5-18-12(15)9-7(2)6-19-11(9)13-10(14)8(3)20(4,16)17/h6,8H,5H2,1-4H3,(H,13,14)/t8-/m0/s1. The second-order valence-electron chi connectivity index (χ2n) is 4.30. The van der Waals surface area contributed by atoms with Gasteiger partial charge >= 0.3 is 5.97 Å². The molecule has 6 nitrogen and oxygen atoms in total. The van der Waals surface area contributed by atoms with E-state index in [9.17, 15) is 18.0 Å². The SMILES string of the molecule is CCOC(=O)c1c(C)csc1NC(=O)[C@H](C)S(C)(=O)=O. The molecule has 0 aliphatic rings. The van der Waals surface area contributed by atoms with E-state index in [1.165, 1.54) is 6.92 Å². The van der Waals surface area contributed by atoms with Crippen LogP contribution in [0.2, 0.25) is 0 Å². The Kier molecular flexibility index (Phi) is 5.29. The molecule has 0 fully saturated rings. The predicted molar refractivity (Wildman–Crippen MR) is 77.9 cm³/mol. The monoisotopic (exact) mass is 319 g/mol. The molecule has 1 aromatic heterocycles. The number of esters is 1. The molecule has 1 amide bonds. The van der Waals surface area contributed by atoms with Gasteiger partial charge in [-0.25, -0.2) is 13.2 Å². The van der Waals surface area contributed by atoms with Gasteiger partial charge in [-0.2, -0.15) is 0 Å². The third kappa shape index (κ3) is 3.80. The zero-order chi connectivity index (χ0) is 15.5. The number of hydrogen-bond acceptors (Lipinski definition) is 6. The number of hydrogen-bond donors (Lipinski definition) is 1. The van der Waals surface area contributed by atoms with Crippen molar-refractivity contribution >= 4 is 38.1 Å². The number of aryl methyl sites for hydroxylation is 1. The molecule has 0 aliphatic carbocycles. The molecule has 0 saturated heterocycles. The number of amides is 1. The smallest absolute Gasteiger partial charge is 0.341 e.